The summed E-state index contributed by atoms with van der Waals surface area (Å²) in [6.07, 6.45) is 4.18. The lowest BCUT2D eigenvalue weighted by molar-refractivity contribution is 0.0730. The Bertz CT molecular complexity index is 1990. The highest BCUT2D eigenvalue weighted by atomic mass is 127. The van der Waals surface area contributed by atoms with Gasteiger partial charge >= 0.3 is 0 Å². The molecule has 6 rings (SSSR count). The molecule has 11 heteroatoms. The summed E-state index contributed by atoms with van der Waals surface area (Å²) in [5.74, 6) is -1.23. The second-order valence-electron chi connectivity index (χ2n) is 12.2. The second kappa shape index (κ2) is 15.5. The number of nitrogens with one attached hydrogen (secondary N) is 1. The fourth-order valence-corrected chi connectivity index (χ4v) is 6.87. The Morgan fingerprint density at radius 2 is 1.80 bits per heavy atom. The van der Waals surface area contributed by atoms with E-state index in [0.717, 1.165) is 61.9 Å². The smallest absolute Gasteiger partial charge is 0.254 e. The van der Waals surface area contributed by atoms with Crippen LogP contribution in [0.3, 0.4) is 0 Å². The number of hydrogen-bond donors (Lipinski definition) is 2. The van der Waals surface area contributed by atoms with Crippen molar-refractivity contribution in [3.8, 4) is 11.1 Å². The third-order valence-electron chi connectivity index (χ3n) is 9.00. The molecule has 1 fully saturated rings. The third-order valence-corrected chi connectivity index (χ3v) is 9.88. The van der Waals surface area contributed by atoms with Crippen molar-refractivity contribution in [1.82, 2.24) is 19.7 Å². The second-order valence-corrected chi connectivity index (χ2v) is 13.0. The monoisotopic (exact) mass is 774 g/mol. The van der Waals surface area contributed by atoms with E-state index >= 15 is 4.39 Å². The summed E-state index contributed by atoms with van der Waals surface area (Å²) in [5.41, 5.74) is 12.7. The van der Waals surface area contributed by atoms with Gasteiger partial charge in [-0.2, -0.15) is 5.10 Å². The number of amides is 2. The maximum Gasteiger partial charge on any atom is 0.254 e. The molecule has 0 bridgehead atoms. The first-order valence-corrected chi connectivity index (χ1v) is 18.2. The van der Waals surface area contributed by atoms with Gasteiger partial charge in [0.1, 0.15) is 5.82 Å². The quantitative estimate of drug-likeness (QED) is 0.102. The Morgan fingerprint density at radius 3 is 2.53 bits per heavy atom. The van der Waals surface area contributed by atoms with Crippen molar-refractivity contribution in [3.63, 3.8) is 0 Å². The van der Waals surface area contributed by atoms with E-state index in [0.29, 0.717) is 37.3 Å². The predicted molar refractivity (Wildman–Crippen MR) is 198 cm³/mol. The normalized spacial score (nSPS) is 13.5. The number of fused-ring (bicyclic) bond motifs is 1. The zero-order valence-electron chi connectivity index (χ0n) is 27.7. The van der Waals surface area contributed by atoms with Gasteiger partial charge in [0.2, 0.25) is 5.91 Å². The molecule has 0 atom stereocenters. The van der Waals surface area contributed by atoms with E-state index in [1.165, 1.54) is 12.1 Å². The van der Waals surface area contributed by atoms with Gasteiger partial charge in [-0.05, 0) is 73.2 Å². The number of carbonyl (C=O) groups is 2. The van der Waals surface area contributed by atoms with Gasteiger partial charge in [-0.3, -0.25) is 9.59 Å². The maximum atomic E-state index is 15.3. The summed E-state index contributed by atoms with van der Waals surface area (Å²) in [4.78, 5) is 33.4. The standard InChI is InChI=1S/C38H40FIN6O3/c1-3-34-32(35(43-29-13-15-49-16-14-29)31-21-42-46(4-2)37(31)44-34)23-45(38(48)28-10-6-9-27(19-28)36(41)47)22-25-11-12-33(39)30(18-25)26-8-5-7-24(17-26)20-40/h5-12,17-19,21,29H,3-4,13-16,20,22-23H2,1-2H3,(H2,41,47)(H,43,44). The number of nitrogens with two attached hydrogens (primary N) is 1. The summed E-state index contributed by atoms with van der Waals surface area (Å²) in [6, 6.07) is 19.5. The largest absolute Gasteiger partial charge is 0.381 e. The van der Waals surface area contributed by atoms with Crippen LogP contribution in [0.25, 0.3) is 22.2 Å². The van der Waals surface area contributed by atoms with E-state index in [-0.39, 0.29) is 36.4 Å². The molecule has 3 N–H and O–H groups in total. The molecule has 0 radical (unpaired) electrons. The van der Waals surface area contributed by atoms with Crippen LogP contribution in [0.5, 0.6) is 0 Å². The molecule has 0 unspecified atom stereocenters. The zero-order chi connectivity index (χ0) is 34.5. The van der Waals surface area contributed by atoms with E-state index in [2.05, 4.69) is 39.9 Å². The van der Waals surface area contributed by atoms with Crippen LogP contribution in [0.2, 0.25) is 0 Å². The molecule has 2 amide bonds. The van der Waals surface area contributed by atoms with Gasteiger partial charge < -0.3 is 20.7 Å². The van der Waals surface area contributed by atoms with E-state index in [4.69, 9.17) is 15.5 Å². The molecule has 2 aromatic heterocycles. The van der Waals surface area contributed by atoms with Crippen molar-refractivity contribution in [3.05, 3.63) is 112 Å². The predicted octanol–water partition coefficient (Wildman–Crippen LogP) is 7.29. The van der Waals surface area contributed by atoms with Gasteiger partial charge in [-0.25, -0.2) is 14.1 Å². The zero-order valence-corrected chi connectivity index (χ0v) is 29.9. The Kier molecular flexibility index (Phi) is 10.9. The number of nitrogens with zero attached hydrogens (tertiary/aromatic N) is 4. The number of aryl methyl sites for hydroxylation is 2. The van der Waals surface area contributed by atoms with Crippen LogP contribution in [0.4, 0.5) is 10.1 Å². The Hall–Kier alpha value is -4.36. The van der Waals surface area contributed by atoms with E-state index in [9.17, 15) is 9.59 Å². The molecule has 49 heavy (non-hydrogen) atoms. The number of hydrogen-bond acceptors (Lipinski definition) is 6. The third kappa shape index (κ3) is 7.62. The van der Waals surface area contributed by atoms with Gasteiger partial charge in [0.25, 0.3) is 5.91 Å². The minimum absolute atomic E-state index is 0.183. The summed E-state index contributed by atoms with van der Waals surface area (Å²) in [5, 5.41) is 9.32. The maximum absolute atomic E-state index is 15.3. The van der Waals surface area contributed by atoms with Gasteiger partial charge in [0.05, 0.1) is 23.8 Å². The molecule has 3 aromatic carbocycles. The molecule has 1 aliphatic rings. The van der Waals surface area contributed by atoms with Crippen LogP contribution in [-0.4, -0.2) is 50.7 Å². The minimum Gasteiger partial charge on any atom is -0.381 e. The first-order chi connectivity index (χ1) is 23.8. The fourth-order valence-electron chi connectivity index (χ4n) is 6.39. The number of primary amides is 1. The molecule has 5 aromatic rings. The molecule has 0 spiro atoms. The molecule has 1 aliphatic heterocycles. The number of benzene rings is 3. The average molecular weight is 775 g/mol. The summed E-state index contributed by atoms with van der Waals surface area (Å²) in [6.45, 7) is 6.51. The van der Waals surface area contributed by atoms with Crippen molar-refractivity contribution < 1.29 is 18.7 Å². The lowest BCUT2D eigenvalue weighted by Crippen LogP contribution is -2.33. The van der Waals surface area contributed by atoms with Gasteiger partial charge in [0.15, 0.2) is 5.65 Å². The highest BCUT2D eigenvalue weighted by Crippen LogP contribution is 2.34. The number of rotatable bonds is 12. The van der Waals surface area contributed by atoms with E-state index in [1.807, 2.05) is 48.1 Å². The lowest BCUT2D eigenvalue weighted by atomic mass is 9.99. The van der Waals surface area contributed by atoms with Crippen LogP contribution in [0, 0.1) is 5.82 Å². The molecular formula is C38H40FIN6O3. The average Bonchev–Trinajstić information content (AvgIpc) is 3.55. The number of pyridine rings is 1. The molecular weight excluding hydrogens is 734 g/mol. The first-order valence-electron chi connectivity index (χ1n) is 16.6. The van der Waals surface area contributed by atoms with Crippen LogP contribution in [0.1, 0.15) is 69.8 Å². The highest BCUT2D eigenvalue weighted by molar-refractivity contribution is 14.1. The Balaban J connectivity index is 1.46. The summed E-state index contributed by atoms with van der Waals surface area (Å²) >= 11 is 2.30. The van der Waals surface area contributed by atoms with Crippen molar-refractivity contribution in [1.29, 1.82) is 0 Å². The van der Waals surface area contributed by atoms with Crippen LogP contribution in [-0.2, 0) is 35.2 Å². The van der Waals surface area contributed by atoms with Crippen molar-refractivity contribution in [2.24, 2.45) is 5.73 Å². The lowest BCUT2D eigenvalue weighted by Gasteiger charge is -2.29. The number of alkyl halides is 1. The molecule has 1 saturated heterocycles. The highest BCUT2D eigenvalue weighted by Gasteiger charge is 2.26. The van der Waals surface area contributed by atoms with Crippen LogP contribution >= 0.6 is 22.6 Å². The molecule has 3 heterocycles. The molecule has 0 aliphatic carbocycles. The van der Waals surface area contributed by atoms with E-state index in [1.54, 1.807) is 29.2 Å². The van der Waals surface area contributed by atoms with Crippen LogP contribution in [0.15, 0.2) is 72.9 Å². The topological polar surface area (TPSA) is 115 Å². The van der Waals surface area contributed by atoms with Gasteiger partial charge in [0, 0.05) is 64.7 Å². The number of anilines is 1. The van der Waals surface area contributed by atoms with Crippen molar-refractivity contribution >= 4 is 51.1 Å². The summed E-state index contributed by atoms with van der Waals surface area (Å²) in [7, 11) is 0. The van der Waals surface area contributed by atoms with Gasteiger partial charge in [-0.1, -0.05) is 65.9 Å². The molecule has 254 valence electrons. The fraction of sp³-hybridized carbons (Fsp3) is 0.316. The van der Waals surface area contributed by atoms with Crippen LogP contribution < -0.4 is 11.1 Å². The number of halogens is 2. The Labute approximate surface area is 299 Å². The first kappa shape index (κ1) is 34.5. The SMILES string of the molecule is CCc1nc2c(cnn2CC)c(NC2CCOCC2)c1CN(Cc1ccc(F)c(-c2cccc(CI)c2)c1)C(=O)c1cccc(C(N)=O)c1. The molecule has 0 saturated carbocycles. The number of ether oxygens (including phenoxy) is 1. The Morgan fingerprint density at radius 1 is 1.02 bits per heavy atom. The number of aromatic nitrogens is 3. The van der Waals surface area contributed by atoms with E-state index < -0.39 is 5.91 Å². The van der Waals surface area contributed by atoms with Gasteiger partial charge in [-0.15, -0.1) is 0 Å². The number of carbonyl (C=O) groups excluding carboxylic acids is 2. The van der Waals surface area contributed by atoms with Crippen molar-refractivity contribution in [2.75, 3.05) is 18.5 Å². The molecule has 9 nitrogen and oxygen atoms in total. The minimum atomic E-state index is -0.614. The van der Waals surface area contributed by atoms with Crippen molar-refractivity contribution in [2.45, 2.75) is 63.2 Å². The summed E-state index contributed by atoms with van der Waals surface area (Å²) < 4.78 is 23.6.